The van der Waals surface area contributed by atoms with Crippen molar-refractivity contribution < 1.29 is 9.53 Å². The van der Waals surface area contributed by atoms with Crippen molar-refractivity contribution in [3.05, 3.63) is 23.8 Å². The molecule has 2 N–H and O–H groups in total. The van der Waals surface area contributed by atoms with E-state index in [1.807, 2.05) is 0 Å². The zero-order valence-electron chi connectivity index (χ0n) is 8.23. The van der Waals surface area contributed by atoms with Crippen molar-refractivity contribution in [2.24, 2.45) is 12.8 Å². The molecule has 76 valence electrons. The Morgan fingerprint density at radius 2 is 2.50 bits per heavy atom. The minimum absolute atomic E-state index is 0.282. The van der Waals surface area contributed by atoms with Gasteiger partial charge in [-0.3, -0.25) is 0 Å². The lowest BCUT2D eigenvalue weighted by Gasteiger charge is -1.96. The molecule has 14 heavy (non-hydrogen) atoms. The van der Waals surface area contributed by atoms with Crippen LogP contribution in [0.3, 0.4) is 0 Å². The molecule has 0 saturated carbocycles. The second-order valence-electron chi connectivity index (χ2n) is 2.73. The third kappa shape index (κ3) is 2.20. The Morgan fingerprint density at radius 1 is 1.79 bits per heavy atom. The Balaban J connectivity index is 2.93. The zero-order chi connectivity index (χ0) is 10.6. The summed E-state index contributed by atoms with van der Waals surface area (Å²) in [6, 6.07) is 0. The standard InChI is InChI=1S/C9H13N3O2/c1-12-6-7(4-3-5-10)11-8(12)9(13)14-2/h3-4,6H,5,10H2,1-2H3. The highest BCUT2D eigenvalue weighted by atomic mass is 16.5. The number of carbonyl (C=O) groups is 1. The van der Waals surface area contributed by atoms with Gasteiger partial charge in [0.2, 0.25) is 5.82 Å². The lowest BCUT2D eigenvalue weighted by Crippen LogP contribution is -2.08. The highest BCUT2D eigenvalue weighted by Gasteiger charge is 2.12. The van der Waals surface area contributed by atoms with Crippen molar-refractivity contribution in [2.75, 3.05) is 13.7 Å². The van der Waals surface area contributed by atoms with Gasteiger partial charge in [-0.25, -0.2) is 9.78 Å². The van der Waals surface area contributed by atoms with Crippen LogP contribution in [-0.2, 0) is 11.8 Å². The van der Waals surface area contributed by atoms with Gasteiger partial charge in [0.15, 0.2) is 0 Å². The number of carbonyl (C=O) groups excluding carboxylic acids is 1. The molecule has 0 amide bonds. The van der Waals surface area contributed by atoms with Crippen LogP contribution in [0.1, 0.15) is 16.3 Å². The predicted octanol–water partition coefficient (Wildman–Crippen LogP) is 0.179. The number of nitrogens with two attached hydrogens (primary N) is 1. The Labute approximate surface area is 82.2 Å². The summed E-state index contributed by atoms with van der Waals surface area (Å²) in [5, 5.41) is 0. The number of hydrogen-bond donors (Lipinski definition) is 1. The van der Waals surface area contributed by atoms with E-state index in [1.165, 1.54) is 7.11 Å². The number of hydrogen-bond acceptors (Lipinski definition) is 4. The van der Waals surface area contributed by atoms with Gasteiger partial charge in [0.05, 0.1) is 12.8 Å². The maximum atomic E-state index is 11.2. The molecular formula is C9H13N3O2. The first-order valence-corrected chi connectivity index (χ1v) is 4.17. The topological polar surface area (TPSA) is 70.1 Å². The van der Waals surface area contributed by atoms with Gasteiger partial charge in [0, 0.05) is 19.8 Å². The van der Waals surface area contributed by atoms with Crippen LogP contribution >= 0.6 is 0 Å². The van der Waals surface area contributed by atoms with Crippen LogP contribution in [-0.4, -0.2) is 29.2 Å². The van der Waals surface area contributed by atoms with E-state index in [9.17, 15) is 4.79 Å². The molecule has 0 aliphatic heterocycles. The molecule has 0 aliphatic carbocycles. The van der Waals surface area contributed by atoms with Crippen molar-refractivity contribution in [1.82, 2.24) is 9.55 Å². The number of aryl methyl sites for hydroxylation is 1. The molecule has 5 heteroatoms. The highest BCUT2D eigenvalue weighted by Crippen LogP contribution is 2.04. The first-order chi connectivity index (χ1) is 6.69. The SMILES string of the molecule is COC(=O)c1nc(C=CCN)cn1C. The van der Waals surface area contributed by atoms with Gasteiger partial charge in [-0.1, -0.05) is 6.08 Å². The summed E-state index contributed by atoms with van der Waals surface area (Å²) in [4.78, 5) is 15.2. The maximum Gasteiger partial charge on any atom is 0.374 e. The smallest absolute Gasteiger partial charge is 0.374 e. The summed E-state index contributed by atoms with van der Waals surface area (Å²) in [5.41, 5.74) is 5.99. The minimum Gasteiger partial charge on any atom is -0.463 e. The Hall–Kier alpha value is -1.62. The summed E-state index contributed by atoms with van der Waals surface area (Å²) in [6.45, 7) is 0.449. The normalized spacial score (nSPS) is 10.8. The van der Waals surface area contributed by atoms with Crippen LogP contribution in [0.15, 0.2) is 12.3 Å². The molecule has 0 radical (unpaired) electrons. The largest absolute Gasteiger partial charge is 0.463 e. The van der Waals surface area contributed by atoms with Gasteiger partial charge >= 0.3 is 5.97 Å². The van der Waals surface area contributed by atoms with Crippen LogP contribution in [0.4, 0.5) is 0 Å². The molecule has 1 aromatic rings. The molecule has 0 aromatic carbocycles. The molecule has 1 rings (SSSR count). The van der Waals surface area contributed by atoms with Gasteiger partial charge in [-0.15, -0.1) is 0 Å². The van der Waals surface area contributed by atoms with Gasteiger partial charge in [-0.2, -0.15) is 0 Å². The van der Waals surface area contributed by atoms with E-state index in [-0.39, 0.29) is 5.82 Å². The maximum absolute atomic E-state index is 11.2. The number of ether oxygens (including phenoxy) is 1. The lowest BCUT2D eigenvalue weighted by atomic mass is 10.4. The number of imidazole rings is 1. The quantitative estimate of drug-likeness (QED) is 0.698. The summed E-state index contributed by atoms with van der Waals surface area (Å²) in [5.74, 6) is -0.163. The average molecular weight is 195 g/mol. The van der Waals surface area contributed by atoms with Crippen molar-refractivity contribution >= 4 is 12.0 Å². The fourth-order valence-corrected chi connectivity index (χ4v) is 1.04. The number of rotatable bonds is 3. The molecule has 0 bridgehead atoms. The predicted molar refractivity (Wildman–Crippen MR) is 52.6 cm³/mol. The number of methoxy groups -OCH3 is 1. The Morgan fingerprint density at radius 3 is 3.07 bits per heavy atom. The minimum atomic E-state index is -0.445. The molecule has 0 atom stereocenters. The third-order valence-electron chi connectivity index (χ3n) is 1.69. The second kappa shape index (κ2) is 4.57. The Kier molecular flexibility index (Phi) is 3.41. The van der Waals surface area contributed by atoms with Crippen molar-refractivity contribution in [3.63, 3.8) is 0 Å². The monoisotopic (exact) mass is 195 g/mol. The summed E-state index contributed by atoms with van der Waals surface area (Å²) in [7, 11) is 3.06. The van der Waals surface area contributed by atoms with E-state index in [2.05, 4.69) is 9.72 Å². The number of nitrogens with zero attached hydrogens (tertiary/aromatic N) is 2. The number of esters is 1. The van der Waals surface area contributed by atoms with Crippen LogP contribution in [0, 0.1) is 0 Å². The third-order valence-corrected chi connectivity index (χ3v) is 1.69. The molecule has 0 fully saturated rings. The van der Waals surface area contributed by atoms with E-state index >= 15 is 0 Å². The van der Waals surface area contributed by atoms with Gasteiger partial charge < -0.3 is 15.0 Å². The van der Waals surface area contributed by atoms with Crippen molar-refractivity contribution in [1.29, 1.82) is 0 Å². The average Bonchev–Trinajstić information content (AvgIpc) is 2.55. The van der Waals surface area contributed by atoms with Crippen LogP contribution in [0.25, 0.3) is 6.08 Å². The number of aromatic nitrogens is 2. The van der Waals surface area contributed by atoms with Crippen LogP contribution in [0.2, 0.25) is 0 Å². The first-order valence-electron chi connectivity index (χ1n) is 4.17. The highest BCUT2D eigenvalue weighted by molar-refractivity contribution is 5.85. The van der Waals surface area contributed by atoms with Crippen LogP contribution in [0.5, 0.6) is 0 Å². The molecule has 0 aliphatic rings. The molecule has 1 aromatic heterocycles. The van der Waals surface area contributed by atoms with E-state index < -0.39 is 5.97 Å². The molecule has 5 nitrogen and oxygen atoms in total. The van der Waals surface area contributed by atoms with Crippen molar-refractivity contribution in [3.8, 4) is 0 Å². The fourth-order valence-electron chi connectivity index (χ4n) is 1.04. The molecule has 0 saturated heterocycles. The second-order valence-corrected chi connectivity index (χ2v) is 2.73. The van der Waals surface area contributed by atoms with Crippen molar-refractivity contribution in [2.45, 2.75) is 0 Å². The van der Waals surface area contributed by atoms with E-state index in [4.69, 9.17) is 5.73 Å². The first kappa shape index (κ1) is 10.5. The molecule has 1 heterocycles. The Bertz CT molecular complexity index is 355. The summed E-state index contributed by atoms with van der Waals surface area (Å²) >= 11 is 0. The summed E-state index contributed by atoms with van der Waals surface area (Å²) in [6.07, 6.45) is 5.26. The van der Waals surface area contributed by atoms with E-state index in [0.717, 1.165) is 0 Å². The van der Waals surface area contributed by atoms with Gasteiger partial charge in [0.25, 0.3) is 0 Å². The lowest BCUT2D eigenvalue weighted by molar-refractivity contribution is 0.0583. The van der Waals surface area contributed by atoms with E-state index in [0.29, 0.717) is 12.2 Å². The van der Waals surface area contributed by atoms with Gasteiger partial charge in [0.1, 0.15) is 0 Å². The fraction of sp³-hybridized carbons (Fsp3) is 0.333. The molecule has 0 spiro atoms. The zero-order valence-corrected chi connectivity index (χ0v) is 8.23. The molecule has 0 unspecified atom stereocenters. The van der Waals surface area contributed by atoms with Crippen LogP contribution < -0.4 is 5.73 Å². The molecular weight excluding hydrogens is 182 g/mol. The van der Waals surface area contributed by atoms with Gasteiger partial charge in [-0.05, 0) is 6.08 Å². The van der Waals surface area contributed by atoms with E-state index in [1.54, 1.807) is 30.0 Å². The summed E-state index contributed by atoms with van der Waals surface area (Å²) < 4.78 is 6.18.